The van der Waals surface area contributed by atoms with Crippen LogP contribution in [0.4, 0.5) is 10.7 Å². The summed E-state index contributed by atoms with van der Waals surface area (Å²) in [6, 6.07) is 13.0. The SMILES string of the molecule is COCN(c1nc(CCC(C)NC(=O)OC(C)(C)C)cc(-c2c(C)cccc2C)n1)S(=O)(=O)c1cccc(C(=O)OC)c1. The van der Waals surface area contributed by atoms with Gasteiger partial charge in [-0.1, -0.05) is 24.3 Å². The molecule has 3 aromatic rings. The first-order chi connectivity index (χ1) is 20.2. The summed E-state index contributed by atoms with van der Waals surface area (Å²) in [5, 5.41) is 2.83. The van der Waals surface area contributed by atoms with E-state index in [1.165, 1.54) is 38.5 Å². The molecule has 0 radical (unpaired) electrons. The molecule has 0 aliphatic heterocycles. The normalized spacial score (nSPS) is 12.4. The molecule has 0 bridgehead atoms. The molecule has 0 fully saturated rings. The maximum atomic E-state index is 13.9. The molecule has 232 valence electrons. The minimum absolute atomic E-state index is 0.0818. The molecule has 1 unspecified atom stereocenters. The number of carbonyl (C=O) groups excluding carboxylic acids is 2. The van der Waals surface area contributed by atoms with Gasteiger partial charge in [-0.2, -0.15) is 0 Å². The Labute approximate surface area is 253 Å². The first kappa shape index (κ1) is 33.5. The molecule has 1 atom stereocenters. The maximum Gasteiger partial charge on any atom is 0.407 e. The van der Waals surface area contributed by atoms with Crippen LogP contribution in [0.3, 0.4) is 0 Å². The molecule has 0 saturated carbocycles. The topological polar surface area (TPSA) is 137 Å². The summed E-state index contributed by atoms with van der Waals surface area (Å²) < 4.78 is 44.2. The van der Waals surface area contributed by atoms with Gasteiger partial charge in [-0.25, -0.2) is 32.3 Å². The Hall–Kier alpha value is -4.03. The highest BCUT2D eigenvalue weighted by Gasteiger charge is 2.29. The van der Waals surface area contributed by atoms with Gasteiger partial charge < -0.3 is 19.5 Å². The molecular weight excluding hydrogens is 572 g/mol. The summed E-state index contributed by atoms with van der Waals surface area (Å²) in [5.74, 6) is -0.756. The summed E-state index contributed by atoms with van der Waals surface area (Å²) in [7, 11) is -1.69. The second-order valence-electron chi connectivity index (χ2n) is 11.2. The summed E-state index contributed by atoms with van der Waals surface area (Å²) in [6.45, 7) is 10.8. The first-order valence-corrected chi connectivity index (χ1v) is 15.2. The molecule has 2 aromatic carbocycles. The van der Waals surface area contributed by atoms with Crippen molar-refractivity contribution in [2.75, 3.05) is 25.3 Å². The number of benzene rings is 2. The number of amides is 1. The lowest BCUT2D eigenvalue weighted by molar-refractivity contribution is 0.0505. The van der Waals surface area contributed by atoms with Crippen molar-refractivity contribution in [1.29, 1.82) is 0 Å². The third-order valence-electron chi connectivity index (χ3n) is 6.41. The molecule has 3 rings (SSSR count). The van der Waals surface area contributed by atoms with Crippen molar-refractivity contribution in [3.8, 4) is 11.3 Å². The fourth-order valence-electron chi connectivity index (χ4n) is 4.40. The fourth-order valence-corrected chi connectivity index (χ4v) is 5.72. The van der Waals surface area contributed by atoms with E-state index in [4.69, 9.17) is 19.2 Å². The van der Waals surface area contributed by atoms with E-state index in [9.17, 15) is 18.0 Å². The second-order valence-corrected chi connectivity index (χ2v) is 13.1. The quantitative estimate of drug-likeness (QED) is 0.229. The number of hydrogen-bond acceptors (Lipinski definition) is 9. The van der Waals surface area contributed by atoms with Gasteiger partial charge in [0.2, 0.25) is 5.95 Å². The van der Waals surface area contributed by atoms with E-state index in [0.29, 0.717) is 24.2 Å². The predicted octanol–water partition coefficient (Wildman–Crippen LogP) is 5.19. The van der Waals surface area contributed by atoms with Crippen molar-refractivity contribution >= 4 is 28.0 Å². The van der Waals surface area contributed by atoms with Crippen molar-refractivity contribution < 1.29 is 32.2 Å². The number of ether oxygens (including phenoxy) is 3. The predicted molar refractivity (Wildman–Crippen MR) is 163 cm³/mol. The van der Waals surface area contributed by atoms with Gasteiger partial charge >= 0.3 is 12.1 Å². The molecule has 0 saturated heterocycles. The Balaban J connectivity index is 2.07. The summed E-state index contributed by atoms with van der Waals surface area (Å²) in [5.41, 5.74) is 3.35. The van der Waals surface area contributed by atoms with Crippen LogP contribution in [0.2, 0.25) is 0 Å². The van der Waals surface area contributed by atoms with Gasteiger partial charge in [-0.05, 0) is 89.8 Å². The average molecular weight is 613 g/mol. The lowest BCUT2D eigenvalue weighted by Crippen LogP contribution is -2.38. The molecule has 1 aromatic heterocycles. The van der Waals surface area contributed by atoms with Gasteiger partial charge in [0.15, 0.2) is 0 Å². The molecule has 0 spiro atoms. The number of sulfonamides is 1. The molecular formula is C31H40N4O7S. The number of esters is 1. The van der Waals surface area contributed by atoms with Crippen LogP contribution in [0.25, 0.3) is 11.3 Å². The number of carbonyl (C=O) groups is 2. The molecule has 11 nitrogen and oxygen atoms in total. The zero-order valence-corrected chi connectivity index (χ0v) is 26.7. The van der Waals surface area contributed by atoms with Crippen LogP contribution in [0.5, 0.6) is 0 Å². The Morgan fingerprint density at radius 1 is 1.00 bits per heavy atom. The van der Waals surface area contributed by atoms with Gasteiger partial charge in [-0.3, -0.25) is 0 Å². The highest BCUT2D eigenvalue weighted by molar-refractivity contribution is 7.92. The summed E-state index contributed by atoms with van der Waals surface area (Å²) in [6.07, 6.45) is 0.384. The van der Waals surface area contributed by atoms with E-state index >= 15 is 0 Å². The molecule has 1 amide bonds. The summed E-state index contributed by atoms with van der Waals surface area (Å²) in [4.78, 5) is 33.6. The van der Waals surface area contributed by atoms with Crippen LogP contribution in [-0.4, -0.2) is 63.0 Å². The number of nitrogens with zero attached hydrogens (tertiary/aromatic N) is 3. The van der Waals surface area contributed by atoms with Gasteiger partial charge in [-0.15, -0.1) is 0 Å². The molecule has 1 heterocycles. The van der Waals surface area contributed by atoms with E-state index in [0.717, 1.165) is 21.0 Å². The molecule has 0 aliphatic carbocycles. The van der Waals surface area contributed by atoms with E-state index in [-0.39, 0.29) is 29.2 Å². The van der Waals surface area contributed by atoms with Crippen LogP contribution in [0.1, 0.15) is 61.3 Å². The zero-order valence-electron chi connectivity index (χ0n) is 25.9. The minimum atomic E-state index is -4.28. The highest BCUT2D eigenvalue weighted by atomic mass is 32.2. The number of nitrogens with one attached hydrogen (secondary N) is 1. The number of alkyl carbamates (subject to hydrolysis) is 1. The lowest BCUT2D eigenvalue weighted by Gasteiger charge is -2.24. The number of aryl methyl sites for hydroxylation is 3. The number of methoxy groups -OCH3 is 2. The van der Waals surface area contributed by atoms with Crippen LogP contribution in [-0.2, 0) is 30.7 Å². The zero-order chi connectivity index (χ0) is 31.9. The molecule has 1 N–H and O–H groups in total. The largest absolute Gasteiger partial charge is 0.465 e. The summed E-state index contributed by atoms with van der Waals surface area (Å²) >= 11 is 0. The smallest absolute Gasteiger partial charge is 0.407 e. The third kappa shape index (κ3) is 8.74. The monoisotopic (exact) mass is 612 g/mol. The minimum Gasteiger partial charge on any atom is -0.465 e. The van der Waals surface area contributed by atoms with Gasteiger partial charge in [0.25, 0.3) is 10.0 Å². The van der Waals surface area contributed by atoms with Crippen molar-refractivity contribution in [3.05, 3.63) is 70.9 Å². The van der Waals surface area contributed by atoms with E-state index in [1.54, 1.807) is 20.8 Å². The van der Waals surface area contributed by atoms with Crippen molar-refractivity contribution in [2.24, 2.45) is 0 Å². The van der Waals surface area contributed by atoms with Crippen molar-refractivity contribution in [1.82, 2.24) is 15.3 Å². The van der Waals surface area contributed by atoms with E-state index in [2.05, 4.69) is 10.3 Å². The van der Waals surface area contributed by atoms with Crippen LogP contribution in [0.15, 0.2) is 53.4 Å². The van der Waals surface area contributed by atoms with Gasteiger partial charge in [0.05, 0.1) is 23.3 Å². The fraction of sp³-hybridized carbons (Fsp3) is 0.419. The standard InChI is InChI=1S/C31H40N4O7S/c1-20-11-9-12-21(2)27(20)26-18-24(16-15-22(3)32-30(37)42-31(4,5)6)33-29(34-26)35(19-40-7)43(38,39)25-14-10-13-23(17-25)28(36)41-8/h9-14,17-18,22H,15-16,19H2,1-8H3,(H,32,37). The molecule has 12 heteroatoms. The van der Waals surface area contributed by atoms with Crippen LogP contribution < -0.4 is 9.62 Å². The van der Waals surface area contributed by atoms with Crippen molar-refractivity contribution in [3.63, 3.8) is 0 Å². The third-order valence-corrected chi connectivity index (χ3v) is 8.11. The number of rotatable bonds is 11. The Morgan fingerprint density at radius 3 is 2.26 bits per heavy atom. The van der Waals surface area contributed by atoms with E-state index < -0.39 is 27.7 Å². The second kappa shape index (κ2) is 14.0. The number of hydrogen-bond donors (Lipinski definition) is 1. The van der Waals surface area contributed by atoms with Crippen LogP contribution in [0, 0.1) is 13.8 Å². The number of aromatic nitrogens is 2. The molecule has 0 aliphatic rings. The lowest BCUT2D eigenvalue weighted by atomic mass is 9.99. The van der Waals surface area contributed by atoms with E-state index in [1.807, 2.05) is 45.0 Å². The van der Waals surface area contributed by atoms with Crippen LogP contribution >= 0.6 is 0 Å². The van der Waals surface area contributed by atoms with Gasteiger partial charge in [0.1, 0.15) is 12.3 Å². The first-order valence-electron chi connectivity index (χ1n) is 13.8. The maximum absolute atomic E-state index is 13.9. The molecule has 43 heavy (non-hydrogen) atoms. The Bertz CT molecular complexity index is 1550. The Morgan fingerprint density at radius 2 is 1.65 bits per heavy atom. The average Bonchev–Trinajstić information content (AvgIpc) is 2.93. The highest BCUT2D eigenvalue weighted by Crippen LogP contribution is 2.30. The van der Waals surface area contributed by atoms with Gasteiger partial charge in [0, 0.05) is 24.4 Å². The Kier molecular flexibility index (Phi) is 10.9. The van der Waals surface area contributed by atoms with Crippen molar-refractivity contribution in [2.45, 2.75) is 70.9 Å². The number of anilines is 1.